The maximum atomic E-state index is 11.7. The van der Waals surface area contributed by atoms with E-state index in [0.717, 1.165) is 5.56 Å². The molecule has 2 aromatic rings. The van der Waals surface area contributed by atoms with Crippen molar-refractivity contribution in [3.63, 3.8) is 0 Å². The number of para-hydroxylation sites is 1. The number of hydrogen-bond acceptors (Lipinski definition) is 3. The standard InChI is InChI=1S/C16H15ClN2O3/c1-11-7-8-13(17)14(9-11)22-10-15(20)19-16(21)18-12-5-3-2-4-6-12/h2-9H,10H2,1H3,(H2,18,19,20,21). The Hall–Kier alpha value is -2.53. The van der Waals surface area contributed by atoms with Gasteiger partial charge in [-0.15, -0.1) is 0 Å². The predicted molar refractivity (Wildman–Crippen MR) is 85.3 cm³/mol. The molecule has 0 unspecified atom stereocenters. The van der Waals surface area contributed by atoms with Gasteiger partial charge in [-0.2, -0.15) is 0 Å². The number of urea groups is 1. The molecule has 6 heteroatoms. The number of carbonyl (C=O) groups excluding carboxylic acids is 2. The molecule has 0 saturated carbocycles. The van der Waals surface area contributed by atoms with Crippen molar-refractivity contribution in [2.24, 2.45) is 0 Å². The van der Waals surface area contributed by atoms with Crippen LogP contribution in [0.2, 0.25) is 5.02 Å². The quantitative estimate of drug-likeness (QED) is 0.908. The van der Waals surface area contributed by atoms with Gasteiger partial charge in [0, 0.05) is 5.69 Å². The second-order valence-corrected chi connectivity index (χ2v) is 5.00. The van der Waals surface area contributed by atoms with Crippen LogP contribution in [0.1, 0.15) is 5.56 Å². The van der Waals surface area contributed by atoms with Crippen LogP contribution < -0.4 is 15.4 Å². The van der Waals surface area contributed by atoms with E-state index >= 15 is 0 Å². The number of carbonyl (C=O) groups is 2. The number of nitrogens with one attached hydrogen (secondary N) is 2. The number of hydrogen-bond donors (Lipinski definition) is 2. The van der Waals surface area contributed by atoms with Gasteiger partial charge in [0.2, 0.25) is 0 Å². The molecule has 0 aliphatic heterocycles. The largest absolute Gasteiger partial charge is 0.482 e. The Morgan fingerprint density at radius 3 is 2.59 bits per heavy atom. The molecule has 0 aliphatic rings. The zero-order valence-corrected chi connectivity index (χ0v) is 12.7. The Labute approximate surface area is 133 Å². The van der Waals surface area contributed by atoms with Crippen LogP contribution in [0.25, 0.3) is 0 Å². The Morgan fingerprint density at radius 1 is 1.14 bits per heavy atom. The summed E-state index contributed by atoms with van der Waals surface area (Å²) < 4.78 is 5.31. The Morgan fingerprint density at radius 2 is 1.86 bits per heavy atom. The molecule has 0 saturated heterocycles. The molecule has 0 radical (unpaired) electrons. The van der Waals surface area contributed by atoms with Crippen LogP contribution in [0.4, 0.5) is 10.5 Å². The van der Waals surface area contributed by atoms with Crippen LogP contribution in [0, 0.1) is 6.92 Å². The first kappa shape index (κ1) is 15.9. The lowest BCUT2D eigenvalue weighted by Crippen LogP contribution is -2.37. The van der Waals surface area contributed by atoms with Gasteiger partial charge in [0.15, 0.2) is 6.61 Å². The molecule has 0 fully saturated rings. The summed E-state index contributed by atoms with van der Waals surface area (Å²) in [6, 6.07) is 13.4. The highest BCUT2D eigenvalue weighted by Crippen LogP contribution is 2.24. The molecule has 114 valence electrons. The Balaban J connectivity index is 1.83. The number of benzene rings is 2. The summed E-state index contributed by atoms with van der Waals surface area (Å²) in [4.78, 5) is 23.3. The summed E-state index contributed by atoms with van der Waals surface area (Å²) in [6.07, 6.45) is 0. The van der Waals surface area contributed by atoms with Gasteiger partial charge in [-0.3, -0.25) is 10.1 Å². The monoisotopic (exact) mass is 318 g/mol. The summed E-state index contributed by atoms with van der Waals surface area (Å²) in [5.74, 6) is -0.161. The summed E-state index contributed by atoms with van der Waals surface area (Å²) in [5.41, 5.74) is 1.55. The molecule has 22 heavy (non-hydrogen) atoms. The number of aryl methyl sites for hydroxylation is 1. The molecule has 0 bridgehead atoms. The van der Waals surface area contributed by atoms with Crippen molar-refractivity contribution in [3.8, 4) is 5.75 Å². The van der Waals surface area contributed by atoms with Crippen LogP contribution >= 0.6 is 11.6 Å². The van der Waals surface area contributed by atoms with Gasteiger partial charge in [-0.25, -0.2) is 4.79 Å². The van der Waals surface area contributed by atoms with Crippen LogP contribution in [0.15, 0.2) is 48.5 Å². The molecule has 0 aliphatic carbocycles. The van der Waals surface area contributed by atoms with E-state index in [1.165, 1.54) is 0 Å². The van der Waals surface area contributed by atoms with E-state index in [9.17, 15) is 9.59 Å². The third-order valence-corrected chi connectivity index (χ3v) is 3.04. The SMILES string of the molecule is Cc1ccc(Cl)c(OCC(=O)NC(=O)Nc2ccccc2)c1. The van der Waals surface area contributed by atoms with Crippen molar-refractivity contribution in [2.45, 2.75) is 6.92 Å². The van der Waals surface area contributed by atoms with E-state index < -0.39 is 11.9 Å². The summed E-state index contributed by atoms with van der Waals surface area (Å²) in [6.45, 7) is 1.59. The van der Waals surface area contributed by atoms with E-state index in [-0.39, 0.29) is 6.61 Å². The lowest BCUT2D eigenvalue weighted by molar-refractivity contribution is -0.121. The van der Waals surface area contributed by atoms with Gasteiger partial charge in [-0.05, 0) is 36.8 Å². The third-order valence-electron chi connectivity index (χ3n) is 2.73. The highest BCUT2D eigenvalue weighted by atomic mass is 35.5. The summed E-state index contributed by atoms with van der Waals surface area (Å²) in [7, 11) is 0. The molecule has 0 atom stereocenters. The van der Waals surface area contributed by atoms with Crippen molar-refractivity contribution in [1.29, 1.82) is 0 Å². The van der Waals surface area contributed by atoms with E-state index in [0.29, 0.717) is 16.5 Å². The Bertz CT molecular complexity index is 674. The fourth-order valence-electron chi connectivity index (χ4n) is 1.71. The topological polar surface area (TPSA) is 67.4 Å². The molecule has 5 nitrogen and oxygen atoms in total. The second-order valence-electron chi connectivity index (χ2n) is 4.59. The van der Waals surface area contributed by atoms with Gasteiger partial charge in [-0.1, -0.05) is 35.9 Å². The van der Waals surface area contributed by atoms with Crippen LogP contribution in [0.3, 0.4) is 0 Å². The average Bonchev–Trinajstić information content (AvgIpc) is 2.49. The van der Waals surface area contributed by atoms with Crippen molar-refractivity contribution in [2.75, 3.05) is 11.9 Å². The van der Waals surface area contributed by atoms with Crippen molar-refractivity contribution >= 4 is 29.2 Å². The van der Waals surface area contributed by atoms with Crippen molar-refractivity contribution in [3.05, 3.63) is 59.1 Å². The smallest absolute Gasteiger partial charge is 0.325 e. The van der Waals surface area contributed by atoms with E-state index in [2.05, 4.69) is 10.6 Å². The van der Waals surface area contributed by atoms with Gasteiger partial charge >= 0.3 is 6.03 Å². The number of ether oxygens (including phenoxy) is 1. The number of imide groups is 1. The number of amides is 3. The van der Waals surface area contributed by atoms with Gasteiger partial charge < -0.3 is 10.1 Å². The third kappa shape index (κ3) is 4.79. The number of anilines is 1. The van der Waals surface area contributed by atoms with Gasteiger partial charge in [0.25, 0.3) is 5.91 Å². The van der Waals surface area contributed by atoms with Gasteiger partial charge in [0.05, 0.1) is 5.02 Å². The Kier molecular flexibility index (Phi) is 5.38. The van der Waals surface area contributed by atoms with Gasteiger partial charge in [0.1, 0.15) is 5.75 Å². The molecular weight excluding hydrogens is 304 g/mol. The first-order chi connectivity index (χ1) is 10.5. The highest BCUT2D eigenvalue weighted by molar-refractivity contribution is 6.32. The minimum Gasteiger partial charge on any atom is -0.482 e. The van der Waals surface area contributed by atoms with Crippen molar-refractivity contribution in [1.82, 2.24) is 5.32 Å². The number of halogens is 1. The summed E-state index contributed by atoms with van der Waals surface area (Å²) in [5, 5.41) is 5.12. The van der Waals surface area contributed by atoms with Crippen LogP contribution in [-0.2, 0) is 4.79 Å². The minimum absolute atomic E-state index is 0.300. The van der Waals surface area contributed by atoms with Crippen LogP contribution in [0.5, 0.6) is 5.75 Å². The molecular formula is C16H15ClN2O3. The average molecular weight is 319 g/mol. The fourth-order valence-corrected chi connectivity index (χ4v) is 1.88. The van der Waals surface area contributed by atoms with E-state index in [4.69, 9.17) is 16.3 Å². The lowest BCUT2D eigenvalue weighted by atomic mass is 10.2. The van der Waals surface area contributed by atoms with E-state index in [1.807, 2.05) is 19.1 Å². The molecule has 0 aromatic heterocycles. The van der Waals surface area contributed by atoms with Crippen LogP contribution in [-0.4, -0.2) is 18.5 Å². The molecule has 2 N–H and O–H groups in total. The number of rotatable bonds is 4. The first-order valence-electron chi connectivity index (χ1n) is 6.59. The molecule has 2 aromatic carbocycles. The molecule has 0 heterocycles. The van der Waals surface area contributed by atoms with Crippen molar-refractivity contribution < 1.29 is 14.3 Å². The lowest BCUT2D eigenvalue weighted by Gasteiger charge is -2.09. The molecule has 0 spiro atoms. The summed E-state index contributed by atoms with van der Waals surface area (Å²) >= 11 is 5.96. The maximum Gasteiger partial charge on any atom is 0.325 e. The molecule has 2 rings (SSSR count). The predicted octanol–water partition coefficient (Wildman–Crippen LogP) is 3.38. The second kappa shape index (κ2) is 7.47. The zero-order valence-electron chi connectivity index (χ0n) is 11.9. The maximum absolute atomic E-state index is 11.7. The minimum atomic E-state index is -0.616. The first-order valence-corrected chi connectivity index (χ1v) is 6.97. The van der Waals surface area contributed by atoms with E-state index in [1.54, 1.807) is 36.4 Å². The zero-order chi connectivity index (χ0) is 15.9. The molecule has 3 amide bonds. The fraction of sp³-hybridized carbons (Fsp3) is 0.125. The normalized spacial score (nSPS) is 9.91. The highest BCUT2D eigenvalue weighted by Gasteiger charge is 2.10.